The summed E-state index contributed by atoms with van der Waals surface area (Å²) in [4.78, 5) is 0. The lowest BCUT2D eigenvalue weighted by Gasteiger charge is -2.40. The summed E-state index contributed by atoms with van der Waals surface area (Å²) in [7, 11) is -3.51. The fourth-order valence-corrected chi connectivity index (χ4v) is 12.6. The maximum atomic E-state index is 9.26. The lowest BCUT2D eigenvalue weighted by molar-refractivity contribution is 0.295. The topological polar surface area (TPSA) is 49.7 Å². The zero-order chi connectivity index (χ0) is 13.4. The van der Waals surface area contributed by atoms with Gasteiger partial charge in [-0.1, -0.05) is 27.7 Å². The van der Waals surface area contributed by atoms with Gasteiger partial charge in [-0.2, -0.15) is 0 Å². The number of aliphatic hydroxyl groups is 2. The van der Waals surface area contributed by atoms with Gasteiger partial charge in [0.25, 0.3) is 0 Å². The van der Waals surface area contributed by atoms with Crippen LogP contribution in [0.4, 0.5) is 0 Å². The average Bonchev–Trinajstić information content (AvgIpc) is 2.36. The minimum atomic E-state index is -1.91. The Morgan fingerprint density at radius 1 is 0.706 bits per heavy atom. The van der Waals surface area contributed by atoms with Gasteiger partial charge in [0.15, 0.2) is 16.6 Å². The van der Waals surface area contributed by atoms with E-state index in [-0.39, 0.29) is 13.2 Å². The Bertz CT molecular complexity index is 182. The maximum Gasteiger partial charge on any atom is 0.183 e. The first-order valence-corrected chi connectivity index (χ1v) is 12.0. The van der Waals surface area contributed by atoms with Gasteiger partial charge in [-0.3, -0.25) is 0 Å². The largest absolute Gasteiger partial charge is 0.455 e. The van der Waals surface area contributed by atoms with Crippen molar-refractivity contribution in [2.24, 2.45) is 0 Å². The molecule has 0 radical (unpaired) electrons. The normalized spacial score (nSPS) is 13.1. The summed E-state index contributed by atoms with van der Waals surface area (Å²) in [5.74, 6) is 0. The van der Waals surface area contributed by atoms with Crippen LogP contribution >= 0.6 is 0 Å². The van der Waals surface area contributed by atoms with Crippen LogP contribution in [-0.2, 0) is 4.12 Å². The summed E-state index contributed by atoms with van der Waals surface area (Å²) in [5, 5.41) is 18.5. The number of hydrogen-bond donors (Lipinski definition) is 2. The lowest BCUT2D eigenvalue weighted by Crippen LogP contribution is -2.51. The van der Waals surface area contributed by atoms with Crippen molar-refractivity contribution in [1.82, 2.24) is 0 Å². The van der Waals surface area contributed by atoms with E-state index in [0.29, 0.717) is 0 Å². The fourth-order valence-electron chi connectivity index (χ4n) is 2.49. The molecule has 17 heavy (non-hydrogen) atoms. The smallest absolute Gasteiger partial charge is 0.183 e. The van der Waals surface area contributed by atoms with Crippen molar-refractivity contribution in [3.8, 4) is 0 Å². The van der Waals surface area contributed by atoms with E-state index in [1.54, 1.807) is 0 Å². The van der Waals surface area contributed by atoms with Crippen LogP contribution in [-0.4, -0.2) is 40.1 Å². The van der Waals surface area contributed by atoms with Crippen molar-refractivity contribution in [2.75, 3.05) is 13.2 Å². The van der Waals surface area contributed by atoms with Gasteiger partial charge < -0.3 is 14.3 Å². The Hall–Kier alpha value is 0.314. The molecule has 0 atom stereocenters. The van der Waals surface area contributed by atoms with E-state index in [4.69, 9.17) is 4.12 Å². The number of hydrogen-bond acceptors (Lipinski definition) is 3. The van der Waals surface area contributed by atoms with Crippen LogP contribution in [0, 0.1) is 0 Å². The van der Waals surface area contributed by atoms with Gasteiger partial charge in [-0.15, -0.1) is 0 Å². The molecule has 0 saturated carbocycles. The van der Waals surface area contributed by atoms with Crippen LogP contribution in [0.3, 0.4) is 0 Å². The molecule has 0 aromatic heterocycles. The highest BCUT2D eigenvalue weighted by molar-refractivity contribution is 6.87. The Morgan fingerprint density at radius 3 is 1.29 bits per heavy atom. The average molecular weight is 279 g/mol. The highest BCUT2D eigenvalue weighted by Crippen LogP contribution is 2.32. The van der Waals surface area contributed by atoms with Gasteiger partial charge in [0.2, 0.25) is 0 Å². The van der Waals surface area contributed by atoms with Gasteiger partial charge >= 0.3 is 0 Å². The molecule has 0 amide bonds. The van der Waals surface area contributed by atoms with Crippen molar-refractivity contribution in [3.05, 3.63) is 0 Å². The van der Waals surface area contributed by atoms with Gasteiger partial charge in [-0.25, -0.2) is 0 Å². The first kappa shape index (κ1) is 17.3. The summed E-state index contributed by atoms with van der Waals surface area (Å²) < 4.78 is 6.66. The zero-order valence-electron chi connectivity index (χ0n) is 12.0. The second kappa shape index (κ2) is 8.42. The molecule has 0 aliphatic rings. The van der Waals surface area contributed by atoms with Crippen molar-refractivity contribution in [2.45, 2.75) is 64.0 Å². The second-order valence-electron chi connectivity index (χ2n) is 4.83. The third kappa shape index (κ3) is 4.83. The molecule has 3 nitrogen and oxygen atoms in total. The van der Waals surface area contributed by atoms with Crippen molar-refractivity contribution in [1.29, 1.82) is 0 Å². The maximum absolute atomic E-state index is 9.26. The van der Waals surface area contributed by atoms with E-state index in [9.17, 15) is 10.2 Å². The first-order valence-electron chi connectivity index (χ1n) is 6.99. The minimum Gasteiger partial charge on any atom is -0.455 e. The Balaban J connectivity index is 4.91. The zero-order valence-corrected chi connectivity index (χ0v) is 14.0. The molecule has 2 N–H and O–H groups in total. The Labute approximate surface area is 108 Å². The highest BCUT2D eigenvalue weighted by Gasteiger charge is 2.40. The molecule has 0 fully saturated rings. The van der Waals surface area contributed by atoms with Crippen LogP contribution in [0.25, 0.3) is 0 Å². The number of rotatable bonds is 10. The van der Waals surface area contributed by atoms with Crippen molar-refractivity contribution < 1.29 is 14.3 Å². The van der Waals surface area contributed by atoms with E-state index in [2.05, 4.69) is 27.7 Å². The minimum absolute atomic E-state index is 0.196. The van der Waals surface area contributed by atoms with Crippen molar-refractivity contribution >= 4 is 16.6 Å². The Kier molecular flexibility index (Phi) is 8.58. The number of aliphatic hydroxyl groups excluding tert-OH is 2. The quantitative estimate of drug-likeness (QED) is 0.604. The molecule has 0 aromatic rings. The summed E-state index contributed by atoms with van der Waals surface area (Å²) in [6.07, 6.45) is 0. The van der Waals surface area contributed by atoms with E-state index in [0.717, 1.165) is 36.3 Å². The monoisotopic (exact) mass is 278 g/mol. The van der Waals surface area contributed by atoms with Crippen LogP contribution in [0.5, 0.6) is 0 Å². The third-order valence-electron chi connectivity index (χ3n) is 4.15. The summed E-state index contributed by atoms with van der Waals surface area (Å²) in [6.45, 7) is 9.23. The third-order valence-corrected chi connectivity index (χ3v) is 15.0. The molecule has 0 heterocycles. The predicted molar refractivity (Wildman–Crippen MR) is 78.3 cm³/mol. The second-order valence-corrected chi connectivity index (χ2v) is 14.2. The summed E-state index contributed by atoms with van der Waals surface area (Å²) >= 11 is 0. The molecule has 0 aromatic carbocycles. The van der Waals surface area contributed by atoms with Crippen LogP contribution < -0.4 is 0 Å². The van der Waals surface area contributed by atoms with E-state index in [1.165, 1.54) is 0 Å². The van der Waals surface area contributed by atoms with Crippen LogP contribution in [0.15, 0.2) is 0 Å². The first-order chi connectivity index (χ1) is 8.07. The molecule has 5 heteroatoms. The van der Waals surface area contributed by atoms with Gasteiger partial charge in [0, 0.05) is 13.2 Å². The lowest BCUT2D eigenvalue weighted by atomic mass is 10.8. The molecule has 104 valence electrons. The molecule has 0 spiro atoms. The molecular formula is C12H30O3Si2. The van der Waals surface area contributed by atoms with Crippen molar-refractivity contribution in [3.63, 3.8) is 0 Å². The van der Waals surface area contributed by atoms with Gasteiger partial charge in [-0.05, 0) is 36.3 Å². The summed E-state index contributed by atoms with van der Waals surface area (Å²) in [5.41, 5.74) is 0. The molecule has 0 rings (SSSR count). The van der Waals surface area contributed by atoms with E-state index in [1.807, 2.05) is 0 Å². The molecule has 0 aliphatic heterocycles. The molecule has 0 unspecified atom stereocenters. The van der Waals surface area contributed by atoms with Crippen LogP contribution in [0.2, 0.25) is 36.3 Å². The molecule has 0 saturated heterocycles. The standard InChI is InChI=1S/C12H30O3Si2/c1-5-16(6-2,7-3)15-17(8-4,11-9-13)12-10-14/h13-14H,5-12H2,1-4H3. The highest BCUT2D eigenvalue weighted by atomic mass is 28.4. The predicted octanol–water partition coefficient (Wildman–Crippen LogP) is 2.96. The van der Waals surface area contributed by atoms with E-state index >= 15 is 0 Å². The Morgan fingerprint density at radius 2 is 1.06 bits per heavy atom. The van der Waals surface area contributed by atoms with Gasteiger partial charge in [0.05, 0.1) is 0 Å². The fraction of sp³-hybridized carbons (Fsp3) is 1.00. The molecular weight excluding hydrogens is 248 g/mol. The van der Waals surface area contributed by atoms with E-state index < -0.39 is 16.6 Å². The SMILES string of the molecule is CC[Si](CC)(CC)O[Si](CC)(CCO)CCO. The summed E-state index contributed by atoms with van der Waals surface area (Å²) in [6, 6.07) is 5.99. The van der Waals surface area contributed by atoms with Crippen LogP contribution in [0.1, 0.15) is 27.7 Å². The molecule has 0 aliphatic carbocycles. The molecule has 0 bridgehead atoms. The van der Waals surface area contributed by atoms with Gasteiger partial charge in [0.1, 0.15) is 0 Å².